The molecule has 8 atom stereocenters. The third-order valence-corrected chi connectivity index (χ3v) is 10.7. The van der Waals surface area contributed by atoms with E-state index in [-0.39, 0.29) is 0 Å². The molecule has 0 heterocycles. The van der Waals surface area contributed by atoms with Crippen LogP contribution in [0.4, 0.5) is 0 Å². The summed E-state index contributed by atoms with van der Waals surface area (Å²) in [4.78, 5) is 0. The molecule has 1 nitrogen and oxygen atoms in total. The van der Waals surface area contributed by atoms with Crippen molar-refractivity contribution in [1.82, 2.24) is 0 Å². The van der Waals surface area contributed by atoms with Crippen molar-refractivity contribution >= 4 is 8.32 Å². The zero-order chi connectivity index (χ0) is 18.7. The number of fused-ring (bicyclic) bond motifs is 5. The lowest BCUT2D eigenvalue weighted by Gasteiger charge is -2.63. The van der Waals surface area contributed by atoms with Gasteiger partial charge in [0.05, 0.1) is 0 Å². The zero-order valence-electron chi connectivity index (χ0n) is 18.4. The highest BCUT2D eigenvalue weighted by atomic mass is 28.4. The molecule has 0 aromatic heterocycles. The van der Waals surface area contributed by atoms with E-state index in [1.165, 1.54) is 64.2 Å². The van der Waals surface area contributed by atoms with Crippen molar-refractivity contribution in [3.8, 4) is 0 Å². The van der Waals surface area contributed by atoms with Gasteiger partial charge < -0.3 is 4.43 Å². The minimum absolute atomic E-state index is 0.547. The molecular weight excluding hydrogens is 332 g/mol. The van der Waals surface area contributed by atoms with E-state index < -0.39 is 8.32 Å². The van der Waals surface area contributed by atoms with E-state index in [4.69, 9.17) is 4.43 Å². The smallest absolute Gasteiger partial charge is 0.184 e. The van der Waals surface area contributed by atoms with Gasteiger partial charge >= 0.3 is 0 Å². The standard InChI is InChI=1S/C24H44OSi/c1-7-17-12-14-20-19-13-11-18-10-8-9-15-23(18,2)22(19)21(16-24(17,20)3)25-26(4,5)6/h17-22H,7-16H2,1-6H3/t17-,18-,19-,20-,21+,22+,23-,24+/m0/s1. The molecule has 0 aliphatic heterocycles. The summed E-state index contributed by atoms with van der Waals surface area (Å²) in [6, 6.07) is 0. The fraction of sp³-hybridized carbons (Fsp3) is 1.00. The van der Waals surface area contributed by atoms with Gasteiger partial charge in [-0.1, -0.05) is 40.0 Å². The van der Waals surface area contributed by atoms with E-state index in [9.17, 15) is 0 Å². The summed E-state index contributed by atoms with van der Waals surface area (Å²) < 4.78 is 7.07. The van der Waals surface area contributed by atoms with Gasteiger partial charge in [-0.3, -0.25) is 0 Å². The minimum Gasteiger partial charge on any atom is -0.414 e. The molecule has 4 rings (SSSR count). The third kappa shape index (κ3) is 2.97. The maximum Gasteiger partial charge on any atom is 0.184 e. The molecule has 0 bridgehead atoms. The summed E-state index contributed by atoms with van der Waals surface area (Å²) >= 11 is 0. The number of hydrogen-bond acceptors (Lipinski definition) is 1. The lowest BCUT2D eigenvalue weighted by molar-refractivity contribution is -0.163. The van der Waals surface area contributed by atoms with Gasteiger partial charge in [-0.15, -0.1) is 0 Å². The monoisotopic (exact) mass is 376 g/mol. The van der Waals surface area contributed by atoms with Gasteiger partial charge in [-0.05, 0) is 105 Å². The van der Waals surface area contributed by atoms with Crippen molar-refractivity contribution in [3.05, 3.63) is 0 Å². The first-order valence-electron chi connectivity index (χ1n) is 11.9. The van der Waals surface area contributed by atoms with Gasteiger partial charge in [-0.25, -0.2) is 0 Å². The fourth-order valence-corrected chi connectivity index (χ4v) is 9.86. The molecule has 0 spiro atoms. The molecule has 4 fully saturated rings. The van der Waals surface area contributed by atoms with Gasteiger partial charge in [0.1, 0.15) is 0 Å². The molecule has 0 N–H and O–H groups in total. The molecule has 4 saturated carbocycles. The Morgan fingerprint density at radius 1 is 0.923 bits per heavy atom. The molecule has 0 unspecified atom stereocenters. The van der Waals surface area contributed by atoms with Gasteiger partial charge in [0, 0.05) is 6.10 Å². The summed E-state index contributed by atoms with van der Waals surface area (Å²) in [6.07, 6.45) is 15.2. The van der Waals surface area contributed by atoms with E-state index in [1.807, 2.05) is 0 Å². The van der Waals surface area contributed by atoms with Crippen LogP contribution in [0.15, 0.2) is 0 Å². The van der Waals surface area contributed by atoms with Crippen LogP contribution in [0.2, 0.25) is 19.6 Å². The first kappa shape index (κ1) is 19.5. The van der Waals surface area contributed by atoms with Crippen LogP contribution in [0.3, 0.4) is 0 Å². The average Bonchev–Trinajstić information content (AvgIpc) is 2.88. The molecular formula is C24H44OSi. The SMILES string of the molecule is CC[C@H]1CC[C@H]2[C@@H]3CC[C@@H]4CCCC[C@]4(C)[C@H]3[C@H](O[Si](C)(C)C)C[C@]12C. The number of rotatable bonds is 3. The van der Waals surface area contributed by atoms with Crippen molar-refractivity contribution in [2.24, 2.45) is 40.4 Å². The Hall–Kier alpha value is 0.177. The topological polar surface area (TPSA) is 9.23 Å². The van der Waals surface area contributed by atoms with Crippen LogP contribution in [0, 0.1) is 40.4 Å². The van der Waals surface area contributed by atoms with Crippen LogP contribution in [-0.4, -0.2) is 14.4 Å². The van der Waals surface area contributed by atoms with Crippen LogP contribution < -0.4 is 0 Å². The Balaban J connectivity index is 1.72. The lowest BCUT2D eigenvalue weighted by Crippen LogP contribution is -2.60. The van der Waals surface area contributed by atoms with E-state index in [0.717, 1.165) is 29.6 Å². The Morgan fingerprint density at radius 3 is 2.38 bits per heavy atom. The third-order valence-electron chi connectivity index (χ3n) is 9.68. The van der Waals surface area contributed by atoms with Crippen LogP contribution in [0.25, 0.3) is 0 Å². The molecule has 0 amide bonds. The lowest BCUT2D eigenvalue weighted by atomic mass is 9.44. The van der Waals surface area contributed by atoms with Gasteiger partial charge in [0.2, 0.25) is 0 Å². The Labute approximate surface area is 164 Å². The van der Waals surface area contributed by atoms with E-state index >= 15 is 0 Å². The molecule has 0 aromatic rings. The first-order valence-corrected chi connectivity index (χ1v) is 15.3. The summed E-state index contributed by atoms with van der Waals surface area (Å²) in [6.45, 7) is 15.1. The molecule has 0 aromatic carbocycles. The van der Waals surface area contributed by atoms with Crippen molar-refractivity contribution in [1.29, 1.82) is 0 Å². The van der Waals surface area contributed by atoms with Gasteiger partial charge in [0.15, 0.2) is 8.32 Å². The predicted molar refractivity (Wildman–Crippen MR) is 114 cm³/mol. The maximum absolute atomic E-state index is 7.07. The molecule has 4 aliphatic rings. The maximum atomic E-state index is 7.07. The average molecular weight is 377 g/mol. The Kier molecular flexibility index (Phi) is 4.96. The van der Waals surface area contributed by atoms with Crippen molar-refractivity contribution in [2.45, 2.75) is 111 Å². The van der Waals surface area contributed by atoms with Gasteiger partial charge in [0.25, 0.3) is 0 Å². The van der Waals surface area contributed by atoms with Crippen LogP contribution in [0.5, 0.6) is 0 Å². The fourth-order valence-electron chi connectivity index (χ4n) is 8.72. The summed E-state index contributed by atoms with van der Waals surface area (Å²) in [7, 11) is -1.52. The van der Waals surface area contributed by atoms with Gasteiger partial charge in [-0.2, -0.15) is 0 Å². The van der Waals surface area contributed by atoms with Crippen molar-refractivity contribution < 1.29 is 4.43 Å². The molecule has 4 aliphatic carbocycles. The number of hydrogen-bond donors (Lipinski definition) is 0. The quantitative estimate of drug-likeness (QED) is 0.470. The van der Waals surface area contributed by atoms with Crippen LogP contribution in [0.1, 0.15) is 85.0 Å². The molecule has 0 saturated heterocycles. The van der Waals surface area contributed by atoms with Crippen molar-refractivity contribution in [3.63, 3.8) is 0 Å². The van der Waals surface area contributed by atoms with Crippen molar-refractivity contribution in [2.75, 3.05) is 0 Å². The zero-order valence-corrected chi connectivity index (χ0v) is 19.4. The van der Waals surface area contributed by atoms with E-state index in [1.54, 1.807) is 0 Å². The summed E-state index contributed by atoms with van der Waals surface area (Å²) in [5.74, 6) is 4.71. The highest BCUT2D eigenvalue weighted by Crippen LogP contribution is 2.68. The Morgan fingerprint density at radius 2 is 1.69 bits per heavy atom. The Bertz CT molecular complexity index is 525. The van der Waals surface area contributed by atoms with Crippen LogP contribution >= 0.6 is 0 Å². The second kappa shape index (κ2) is 6.61. The van der Waals surface area contributed by atoms with E-state index in [2.05, 4.69) is 40.4 Å². The molecule has 150 valence electrons. The highest BCUT2D eigenvalue weighted by molar-refractivity contribution is 6.69. The molecule has 0 radical (unpaired) electrons. The second-order valence-corrected chi connectivity index (χ2v) is 16.4. The second-order valence-electron chi connectivity index (χ2n) is 12.0. The predicted octanol–water partition coefficient (Wildman–Crippen LogP) is 7.28. The van der Waals surface area contributed by atoms with Crippen LogP contribution in [-0.2, 0) is 4.43 Å². The molecule has 2 heteroatoms. The normalized spacial score (nSPS) is 51.5. The first-order chi connectivity index (χ1) is 12.2. The largest absolute Gasteiger partial charge is 0.414 e. The highest BCUT2D eigenvalue weighted by Gasteiger charge is 2.62. The minimum atomic E-state index is -1.52. The summed E-state index contributed by atoms with van der Waals surface area (Å²) in [5.41, 5.74) is 1.12. The molecule has 26 heavy (non-hydrogen) atoms. The summed E-state index contributed by atoms with van der Waals surface area (Å²) in [5, 5.41) is 0. The van der Waals surface area contributed by atoms with E-state index in [0.29, 0.717) is 16.9 Å².